The van der Waals surface area contributed by atoms with Gasteiger partial charge in [-0.1, -0.05) is 6.92 Å². The van der Waals surface area contributed by atoms with E-state index in [9.17, 15) is 0 Å². The monoisotopic (exact) mass is 276 g/mol. The molecule has 110 valence electrons. The maximum atomic E-state index is 5.60. The quantitative estimate of drug-likeness (QED) is 0.891. The number of nitrogens with one attached hydrogen (secondary N) is 1. The molecule has 0 amide bonds. The van der Waals surface area contributed by atoms with Gasteiger partial charge in [-0.15, -0.1) is 0 Å². The van der Waals surface area contributed by atoms with Crippen LogP contribution in [0.5, 0.6) is 5.88 Å². The Morgan fingerprint density at radius 3 is 2.80 bits per heavy atom. The zero-order chi connectivity index (χ0) is 13.9. The molecule has 5 nitrogen and oxygen atoms in total. The van der Waals surface area contributed by atoms with Crippen LogP contribution in [0.1, 0.15) is 39.0 Å². The van der Waals surface area contributed by atoms with Crippen LogP contribution in [0.15, 0.2) is 12.3 Å². The first-order chi connectivity index (χ1) is 9.76. The summed E-state index contributed by atoms with van der Waals surface area (Å²) in [6.45, 7) is 2.80. The average Bonchev–Trinajstić information content (AvgIpc) is 2.83. The number of hydrogen-bond acceptors (Lipinski definition) is 5. The first-order valence-corrected chi connectivity index (χ1v) is 7.71. The van der Waals surface area contributed by atoms with Crippen molar-refractivity contribution in [2.24, 2.45) is 0 Å². The molecular formula is C15H24N4O. The van der Waals surface area contributed by atoms with Gasteiger partial charge in [-0.3, -0.25) is 0 Å². The molecule has 0 aromatic carbocycles. The Labute approximate surface area is 120 Å². The molecule has 0 spiro atoms. The van der Waals surface area contributed by atoms with E-state index in [2.05, 4.69) is 34.2 Å². The second-order valence-electron chi connectivity index (χ2n) is 5.92. The molecule has 3 rings (SSSR count). The van der Waals surface area contributed by atoms with E-state index in [0.29, 0.717) is 30.6 Å². The second kappa shape index (κ2) is 5.95. The Morgan fingerprint density at radius 1 is 1.35 bits per heavy atom. The van der Waals surface area contributed by atoms with E-state index in [1.807, 2.05) is 6.07 Å². The van der Waals surface area contributed by atoms with Gasteiger partial charge in [0.15, 0.2) is 0 Å². The van der Waals surface area contributed by atoms with Crippen molar-refractivity contribution in [2.45, 2.75) is 57.2 Å². The molecule has 3 heterocycles. The minimum Gasteiger partial charge on any atom is -0.478 e. The summed E-state index contributed by atoms with van der Waals surface area (Å²) in [4.78, 5) is 11.2. The predicted molar refractivity (Wildman–Crippen MR) is 79.2 cm³/mol. The molecule has 2 aliphatic heterocycles. The number of hydrogen-bond donors (Lipinski definition) is 1. The van der Waals surface area contributed by atoms with Crippen molar-refractivity contribution in [1.82, 2.24) is 15.3 Å². The van der Waals surface area contributed by atoms with Gasteiger partial charge in [-0.25, -0.2) is 4.98 Å². The van der Waals surface area contributed by atoms with Gasteiger partial charge < -0.3 is 15.0 Å². The van der Waals surface area contributed by atoms with Gasteiger partial charge in [0.2, 0.25) is 11.8 Å². The standard InChI is InChI=1S/C15H24N4O/c1-3-8-20-14-6-7-16-15(18-14)19(2)13-9-11-4-5-12(10-13)17-11/h6-7,11-13,17H,3-5,8-10H2,1-2H3. The highest BCUT2D eigenvalue weighted by Crippen LogP contribution is 2.30. The number of nitrogens with zero attached hydrogens (tertiary/aromatic N) is 3. The molecule has 20 heavy (non-hydrogen) atoms. The van der Waals surface area contributed by atoms with Gasteiger partial charge >= 0.3 is 0 Å². The first kappa shape index (κ1) is 13.6. The third-order valence-electron chi connectivity index (χ3n) is 4.38. The van der Waals surface area contributed by atoms with Gasteiger partial charge in [0, 0.05) is 37.4 Å². The van der Waals surface area contributed by atoms with E-state index in [0.717, 1.165) is 12.4 Å². The lowest BCUT2D eigenvalue weighted by molar-refractivity contribution is 0.303. The lowest BCUT2D eigenvalue weighted by Crippen LogP contribution is -2.47. The summed E-state index contributed by atoms with van der Waals surface area (Å²) in [7, 11) is 2.11. The second-order valence-corrected chi connectivity index (χ2v) is 5.92. The van der Waals surface area contributed by atoms with Gasteiger partial charge in [-0.2, -0.15) is 4.98 Å². The van der Waals surface area contributed by atoms with Crippen LogP contribution >= 0.6 is 0 Å². The van der Waals surface area contributed by atoms with E-state index in [1.54, 1.807) is 6.20 Å². The van der Waals surface area contributed by atoms with Crippen LogP contribution in [-0.2, 0) is 0 Å². The maximum absolute atomic E-state index is 5.60. The Morgan fingerprint density at radius 2 is 2.10 bits per heavy atom. The summed E-state index contributed by atoms with van der Waals surface area (Å²) in [5.74, 6) is 1.46. The minimum absolute atomic E-state index is 0.537. The fourth-order valence-electron chi connectivity index (χ4n) is 3.30. The lowest BCUT2D eigenvalue weighted by Gasteiger charge is -2.35. The summed E-state index contributed by atoms with van der Waals surface area (Å²) in [5.41, 5.74) is 0. The van der Waals surface area contributed by atoms with Crippen LogP contribution in [-0.4, -0.2) is 41.7 Å². The van der Waals surface area contributed by atoms with Crippen LogP contribution in [0, 0.1) is 0 Å². The van der Waals surface area contributed by atoms with Crippen LogP contribution in [0.3, 0.4) is 0 Å². The fraction of sp³-hybridized carbons (Fsp3) is 0.733. The average molecular weight is 276 g/mol. The Bertz CT molecular complexity index is 441. The normalized spacial score (nSPS) is 28.4. The predicted octanol–water partition coefficient (Wildman–Crippen LogP) is 1.98. The van der Waals surface area contributed by atoms with Crippen LogP contribution in [0.25, 0.3) is 0 Å². The van der Waals surface area contributed by atoms with Crippen LogP contribution in [0.4, 0.5) is 5.95 Å². The lowest BCUT2D eigenvalue weighted by atomic mass is 9.99. The molecular weight excluding hydrogens is 252 g/mol. The summed E-state index contributed by atoms with van der Waals surface area (Å²) in [6.07, 6.45) is 7.80. The fourth-order valence-corrected chi connectivity index (χ4v) is 3.30. The van der Waals surface area contributed by atoms with Crippen LogP contribution < -0.4 is 15.0 Å². The van der Waals surface area contributed by atoms with Crippen molar-refractivity contribution in [3.63, 3.8) is 0 Å². The Hall–Kier alpha value is -1.36. The zero-order valence-electron chi connectivity index (χ0n) is 12.4. The van der Waals surface area contributed by atoms with Gasteiger partial charge in [-0.05, 0) is 32.1 Å². The molecule has 0 radical (unpaired) electrons. The molecule has 2 unspecified atom stereocenters. The smallest absolute Gasteiger partial charge is 0.228 e. The third-order valence-corrected chi connectivity index (χ3v) is 4.38. The highest BCUT2D eigenvalue weighted by atomic mass is 16.5. The van der Waals surface area contributed by atoms with Crippen molar-refractivity contribution in [1.29, 1.82) is 0 Å². The minimum atomic E-state index is 0.537. The van der Waals surface area contributed by atoms with Gasteiger partial charge in [0.25, 0.3) is 0 Å². The van der Waals surface area contributed by atoms with Crippen molar-refractivity contribution >= 4 is 5.95 Å². The van der Waals surface area contributed by atoms with Gasteiger partial charge in [0.1, 0.15) is 0 Å². The van der Waals surface area contributed by atoms with E-state index < -0.39 is 0 Å². The van der Waals surface area contributed by atoms with E-state index in [1.165, 1.54) is 25.7 Å². The SMILES string of the molecule is CCCOc1ccnc(N(C)C2CC3CCC(C2)N3)n1. The molecule has 1 aromatic heterocycles. The largest absolute Gasteiger partial charge is 0.478 e. The number of rotatable bonds is 5. The van der Waals surface area contributed by atoms with E-state index >= 15 is 0 Å². The molecule has 1 aromatic rings. The molecule has 5 heteroatoms. The number of fused-ring (bicyclic) bond motifs is 2. The number of ether oxygens (including phenoxy) is 1. The van der Waals surface area contributed by atoms with Crippen molar-refractivity contribution in [3.8, 4) is 5.88 Å². The summed E-state index contributed by atoms with van der Waals surface area (Å²) in [6, 6.07) is 3.73. The molecule has 2 atom stereocenters. The summed E-state index contributed by atoms with van der Waals surface area (Å²) < 4.78 is 5.60. The van der Waals surface area contributed by atoms with Crippen LogP contribution in [0.2, 0.25) is 0 Å². The number of piperidine rings is 1. The van der Waals surface area contributed by atoms with Crippen molar-refractivity contribution < 1.29 is 4.74 Å². The molecule has 2 fully saturated rings. The van der Waals surface area contributed by atoms with E-state index in [4.69, 9.17) is 4.74 Å². The van der Waals surface area contributed by atoms with Crippen molar-refractivity contribution in [3.05, 3.63) is 12.3 Å². The molecule has 2 aliphatic rings. The maximum Gasteiger partial charge on any atom is 0.228 e. The molecule has 0 aliphatic carbocycles. The Balaban J connectivity index is 1.68. The zero-order valence-corrected chi connectivity index (χ0v) is 12.4. The Kier molecular flexibility index (Phi) is 4.05. The van der Waals surface area contributed by atoms with E-state index in [-0.39, 0.29) is 0 Å². The van der Waals surface area contributed by atoms with Crippen molar-refractivity contribution in [2.75, 3.05) is 18.6 Å². The molecule has 0 saturated carbocycles. The van der Waals surface area contributed by atoms with Gasteiger partial charge in [0.05, 0.1) is 6.61 Å². The highest BCUT2D eigenvalue weighted by Gasteiger charge is 2.35. The molecule has 1 N–H and O–H groups in total. The summed E-state index contributed by atoms with van der Waals surface area (Å²) in [5, 5.41) is 3.67. The first-order valence-electron chi connectivity index (χ1n) is 7.71. The highest BCUT2D eigenvalue weighted by molar-refractivity contribution is 5.33. The molecule has 2 bridgehead atoms. The number of anilines is 1. The molecule has 2 saturated heterocycles. The number of aromatic nitrogens is 2. The topological polar surface area (TPSA) is 50.3 Å². The summed E-state index contributed by atoms with van der Waals surface area (Å²) >= 11 is 0. The third kappa shape index (κ3) is 2.87.